The zero-order valence-corrected chi connectivity index (χ0v) is 19.7. The average Bonchev–Trinajstić information content (AvgIpc) is 2.74. The van der Waals surface area contributed by atoms with Crippen molar-refractivity contribution in [2.45, 2.75) is 51.4 Å². The van der Waals surface area contributed by atoms with E-state index in [9.17, 15) is 23.2 Å². The van der Waals surface area contributed by atoms with Crippen LogP contribution in [0.5, 0.6) is 5.75 Å². The van der Waals surface area contributed by atoms with Gasteiger partial charge in [0.1, 0.15) is 0 Å². The first-order valence-corrected chi connectivity index (χ1v) is 11.3. The number of aromatic nitrogens is 1. The van der Waals surface area contributed by atoms with Crippen LogP contribution >= 0.6 is 11.8 Å². The molecule has 1 aliphatic rings. The Morgan fingerprint density at radius 1 is 0.941 bits per heavy atom. The van der Waals surface area contributed by atoms with Crippen LogP contribution in [0, 0.1) is 18.6 Å². The molecule has 11 heteroatoms. The molecule has 0 unspecified atom stereocenters. The molecule has 1 aromatic heterocycles. The van der Waals surface area contributed by atoms with Crippen LogP contribution in [-0.2, 0) is 28.6 Å². The number of ether oxygens (including phenoxy) is 4. The summed E-state index contributed by atoms with van der Waals surface area (Å²) < 4.78 is 50.7. The Kier molecular flexibility index (Phi) is 8.08. The minimum absolute atomic E-state index is 0.0889. The summed E-state index contributed by atoms with van der Waals surface area (Å²) in [5.74, 6) is -4.80. The molecule has 3 rings (SSSR count). The van der Waals surface area contributed by atoms with Crippen LogP contribution < -0.4 is 4.74 Å². The fraction of sp³-hybridized carbons (Fsp3) is 0.391. The lowest BCUT2D eigenvalue weighted by Gasteiger charge is -2.39. The van der Waals surface area contributed by atoms with E-state index in [1.807, 2.05) is 0 Å². The van der Waals surface area contributed by atoms with Gasteiger partial charge in [-0.3, -0.25) is 19.4 Å². The third-order valence-corrected chi connectivity index (χ3v) is 6.00. The van der Waals surface area contributed by atoms with Crippen molar-refractivity contribution in [3.8, 4) is 16.9 Å². The van der Waals surface area contributed by atoms with E-state index in [1.165, 1.54) is 19.2 Å². The molecule has 182 valence electrons. The van der Waals surface area contributed by atoms with E-state index in [-0.39, 0.29) is 5.75 Å². The smallest absolute Gasteiger partial charge is 0.303 e. The van der Waals surface area contributed by atoms with Crippen molar-refractivity contribution in [1.82, 2.24) is 4.98 Å². The predicted octanol–water partition coefficient (Wildman–Crippen LogP) is 3.58. The number of hydrogen-bond acceptors (Lipinski definition) is 9. The second-order valence-electron chi connectivity index (χ2n) is 7.57. The van der Waals surface area contributed by atoms with Crippen molar-refractivity contribution in [2.75, 3.05) is 5.75 Å². The molecule has 1 aliphatic heterocycles. The van der Waals surface area contributed by atoms with Gasteiger partial charge >= 0.3 is 17.9 Å². The first-order chi connectivity index (χ1) is 16.0. The van der Waals surface area contributed by atoms with E-state index in [4.69, 9.17) is 18.9 Å². The molecule has 4 atom stereocenters. The van der Waals surface area contributed by atoms with E-state index in [2.05, 4.69) is 4.98 Å². The second-order valence-corrected chi connectivity index (χ2v) is 8.71. The number of aryl methyl sites for hydroxylation is 1. The van der Waals surface area contributed by atoms with Crippen molar-refractivity contribution in [1.29, 1.82) is 0 Å². The highest BCUT2D eigenvalue weighted by molar-refractivity contribution is 7.99. The molecule has 0 N–H and O–H groups in total. The van der Waals surface area contributed by atoms with Gasteiger partial charge in [0.05, 0.1) is 0 Å². The van der Waals surface area contributed by atoms with Crippen LogP contribution in [0.1, 0.15) is 26.5 Å². The predicted molar refractivity (Wildman–Crippen MR) is 118 cm³/mol. The normalized spacial score (nSPS) is 21.9. The lowest BCUT2D eigenvalue weighted by atomic mass is 10.1. The Balaban J connectivity index is 1.96. The number of thioether (sulfide) groups is 1. The topological polar surface area (TPSA) is 101 Å². The zero-order chi connectivity index (χ0) is 25.0. The van der Waals surface area contributed by atoms with E-state index >= 15 is 0 Å². The fourth-order valence-corrected chi connectivity index (χ4v) is 4.60. The summed E-state index contributed by atoms with van der Waals surface area (Å²) in [4.78, 5) is 39.2. The first-order valence-electron chi connectivity index (χ1n) is 10.3. The highest BCUT2D eigenvalue weighted by Crippen LogP contribution is 2.36. The number of carbonyl (C=O) groups is 3. The van der Waals surface area contributed by atoms with Crippen LogP contribution in [0.15, 0.2) is 30.5 Å². The van der Waals surface area contributed by atoms with Gasteiger partial charge < -0.3 is 18.9 Å². The summed E-state index contributed by atoms with van der Waals surface area (Å²) in [5.41, 5.74) is 0.514. The highest BCUT2D eigenvalue weighted by atomic mass is 32.2. The number of halogens is 2. The molecule has 1 saturated heterocycles. The van der Waals surface area contributed by atoms with Crippen LogP contribution in [-0.4, -0.2) is 52.4 Å². The first kappa shape index (κ1) is 25.4. The second kappa shape index (κ2) is 10.8. The van der Waals surface area contributed by atoms with Crippen molar-refractivity contribution in [2.24, 2.45) is 0 Å². The average molecular weight is 496 g/mol. The monoisotopic (exact) mass is 495 g/mol. The van der Waals surface area contributed by atoms with Gasteiger partial charge in [-0.1, -0.05) is 6.07 Å². The Morgan fingerprint density at radius 2 is 1.59 bits per heavy atom. The largest absolute Gasteiger partial charge is 0.472 e. The van der Waals surface area contributed by atoms with E-state index in [0.717, 1.165) is 37.4 Å². The molecule has 1 aromatic carbocycles. The third-order valence-electron chi connectivity index (χ3n) is 4.79. The van der Waals surface area contributed by atoms with Gasteiger partial charge in [-0.25, -0.2) is 4.39 Å². The van der Waals surface area contributed by atoms with Gasteiger partial charge in [0.15, 0.2) is 35.3 Å². The van der Waals surface area contributed by atoms with Crippen LogP contribution in [0.2, 0.25) is 0 Å². The molecule has 0 amide bonds. The molecule has 2 heterocycles. The van der Waals surface area contributed by atoms with Gasteiger partial charge in [0, 0.05) is 44.0 Å². The Hall–Kier alpha value is -3.21. The molecule has 1 fully saturated rings. The number of rotatable bonds is 6. The van der Waals surface area contributed by atoms with Gasteiger partial charge in [0.25, 0.3) is 0 Å². The number of pyridine rings is 1. The van der Waals surface area contributed by atoms with Crippen molar-refractivity contribution in [3.05, 3.63) is 47.8 Å². The quantitative estimate of drug-likeness (QED) is 0.440. The molecule has 0 aliphatic carbocycles. The van der Waals surface area contributed by atoms with Crippen LogP contribution in [0.3, 0.4) is 0 Å². The number of nitrogens with zero attached hydrogens (tertiary/aromatic N) is 1. The van der Waals surface area contributed by atoms with E-state index < -0.39 is 59.0 Å². The maximum atomic E-state index is 14.7. The highest BCUT2D eigenvalue weighted by Gasteiger charge is 2.48. The lowest BCUT2D eigenvalue weighted by molar-refractivity contribution is -0.186. The molecule has 8 nitrogen and oxygen atoms in total. The molecule has 34 heavy (non-hydrogen) atoms. The number of carbonyl (C=O) groups excluding carboxylic acids is 3. The van der Waals surface area contributed by atoms with Crippen molar-refractivity contribution >= 4 is 29.7 Å². The van der Waals surface area contributed by atoms with Crippen LogP contribution in [0.25, 0.3) is 11.1 Å². The maximum Gasteiger partial charge on any atom is 0.303 e. The van der Waals surface area contributed by atoms with E-state index in [0.29, 0.717) is 11.1 Å². The fourth-order valence-electron chi connectivity index (χ4n) is 3.39. The summed E-state index contributed by atoms with van der Waals surface area (Å²) in [6.45, 7) is 5.25. The Bertz CT molecular complexity index is 1080. The molecule has 0 saturated carbocycles. The van der Waals surface area contributed by atoms with Crippen LogP contribution in [0.4, 0.5) is 8.78 Å². The lowest BCUT2D eigenvalue weighted by Crippen LogP contribution is -2.55. The third kappa shape index (κ3) is 6.22. The summed E-state index contributed by atoms with van der Waals surface area (Å²) in [5, 5.41) is 0. The van der Waals surface area contributed by atoms with E-state index in [1.54, 1.807) is 19.1 Å². The van der Waals surface area contributed by atoms with Gasteiger partial charge in [-0.05, 0) is 30.7 Å². The van der Waals surface area contributed by atoms with Gasteiger partial charge in [-0.15, -0.1) is 11.8 Å². The SMILES string of the molecule is CC(=O)O[C@@H]1[C@@H](OC(C)=O)[C@H](OC(C)=O)CS[C@H]1Oc1cc(-c2ccc(C)nc2)cc(F)c1F. The van der Waals surface area contributed by atoms with Gasteiger partial charge in [0.2, 0.25) is 5.82 Å². The van der Waals surface area contributed by atoms with Gasteiger partial charge in [-0.2, -0.15) is 4.39 Å². The maximum absolute atomic E-state index is 14.7. The summed E-state index contributed by atoms with van der Waals surface area (Å²) in [6.07, 6.45) is -1.91. The Labute approximate surface area is 198 Å². The molecular weight excluding hydrogens is 472 g/mol. The summed E-state index contributed by atoms with van der Waals surface area (Å²) in [6, 6.07) is 5.75. The Morgan fingerprint density at radius 3 is 2.18 bits per heavy atom. The minimum atomic E-state index is -1.27. The molecule has 0 radical (unpaired) electrons. The summed E-state index contributed by atoms with van der Waals surface area (Å²) in [7, 11) is 0. The molecular formula is C23H23F2NO7S. The summed E-state index contributed by atoms with van der Waals surface area (Å²) >= 11 is 1.04. The number of hydrogen-bond donors (Lipinski definition) is 0. The molecule has 2 aromatic rings. The zero-order valence-electron chi connectivity index (χ0n) is 18.9. The molecule has 0 bridgehead atoms. The minimum Gasteiger partial charge on any atom is -0.472 e. The standard InChI is InChI=1S/C23H23F2NO7S/c1-11-5-6-15(9-26-11)16-7-17(24)20(25)18(8-16)33-23-22(32-14(4)29)21(31-13(3)28)19(10-34-23)30-12(2)27/h5-9,19,21-23H,10H2,1-4H3/t19-,21+,22-,23-/m1/s1. The van der Waals surface area contributed by atoms with Crippen molar-refractivity contribution < 1.29 is 42.1 Å². The van der Waals surface area contributed by atoms with Crippen molar-refractivity contribution in [3.63, 3.8) is 0 Å². The number of esters is 3. The molecule has 0 spiro atoms. The number of benzene rings is 1.